The van der Waals surface area contributed by atoms with Gasteiger partial charge in [0.1, 0.15) is 0 Å². The van der Waals surface area contributed by atoms with Crippen molar-refractivity contribution in [2.24, 2.45) is 5.92 Å². The van der Waals surface area contributed by atoms with Crippen LogP contribution in [0.2, 0.25) is 0 Å². The van der Waals surface area contributed by atoms with Gasteiger partial charge in [0.2, 0.25) is 0 Å². The van der Waals surface area contributed by atoms with Gasteiger partial charge in [-0.15, -0.1) is 0 Å². The van der Waals surface area contributed by atoms with Gasteiger partial charge in [0.15, 0.2) is 0 Å². The number of aliphatic hydroxyl groups is 1. The molecule has 2 unspecified atom stereocenters. The van der Waals surface area contributed by atoms with Crippen molar-refractivity contribution in [1.29, 1.82) is 0 Å². The predicted molar refractivity (Wildman–Crippen MR) is 77.3 cm³/mol. The van der Waals surface area contributed by atoms with Gasteiger partial charge in [0, 0.05) is 25.7 Å². The molecule has 2 fully saturated rings. The predicted octanol–water partition coefficient (Wildman–Crippen LogP) is 1.24. The molecule has 0 spiro atoms. The lowest BCUT2D eigenvalue weighted by Gasteiger charge is -2.16. The van der Waals surface area contributed by atoms with Crippen LogP contribution in [0.15, 0.2) is 0 Å². The van der Waals surface area contributed by atoms with E-state index in [1.165, 1.54) is 32.4 Å². The smallest absolute Gasteiger partial charge is 0.0897 e. The maximum absolute atomic E-state index is 9.77. The Labute approximate surface area is 117 Å². The van der Waals surface area contributed by atoms with Crippen molar-refractivity contribution in [2.45, 2.75) is 51.2 Å². The number of rotatable bonds is 10. The van der Waals surface area contributed by atoms with Crippen molar-refractivity contribution in [3.63, 3.8) is 0 Å². The van der Waals surface area contributed by atoms with Crippen LogP contribution in [-0.4, -0.2) is 61.5 Å². The summed E-state index contributed by atoms with van der Waals surface area (Å²) < 4.78 is 5.42. The fourth-order valence-corrected chi connectivity index (χ4v) is 2.78. The molecule has 2 atom stereocenters. The summed E-state index contributed by atoms with van der Waals surface area (Å²) in [6.45, 7) is 7.61. The van der Waals surface area contributed by atoms with Gasteiger partial charge in [0.05, 0.1) is 12.7 Å². The van der Waals surface area contributed by atoms with Crippen LogP contribution in [0.1, 0.15) is 39.0 Å². The summed E-state index contributed by atoms with van der Waals surface area (Å²) in [4.78, 5) is 2.64. The minimum absolute atomic E-state index is 0.363. The van der Waals surface area contributed by atoms with Crippen LogP contribution in [0, 0.1) is 5.92 Å². The summed E-state index contributed by atoms with van der Waals surface area (Å²) >= 11 is 0. The van der Waals surface area contributed by atoms with E-state index in [2.05, 4.69) is 17.1 Å². The summed E-state index contributed by atoms with van der Waals surface area (Å²) in [5.74, 6) is 0.772. The third kappa shape index (κ3) is 5.78. The van der Waals surface area contributed by atoms with E-state index in [0.717, 1.165) is 38.0 Å². The van der Waals surface area contributed by atoms with E-state index >= 15 is 0 Å². The molecule has 2 aliphatic rings. The summed E-state index contributed by atoms with van der Waals surface area (Å²) in [7, 11) is 0. The molecule has 4 nitrogen and oxygen atoms in total. The van der Waals surface area contributed by atoms with Gasteiger partial charge in [-0.2, -0.15) is 0 Å². The molecule has 112 valence electrons. The lowest BCUT2D eigenvalue weighted by Crippen LogP contribution is -2.34. The van der Waals surface area contributed by atoms with E-state index in [0.29, 0.717) is 13.2 Å². The third-order valence-electron chi connectivity index (χ3n) is 4.15. The standard InChI is InChI=1S/C15H30N2O2/c1-2-3-8-19-12-15(18)10-16-9-13-6-7-17(11-13)14-4-5-14/h13-16,18H,2-12H2,1H3. The van der Waals surface area contributed by atoms with Crippen LogP contribution in [-0.2, 0) is 4.74 Å². The number of likely N-dealkylation sites (tertiary alicyclic amines) is 1. The molecule has 1 saturated heterocycles. The molecular formula is C15H30N2O2. The highest BCUT2D eigenvalue weighted by atomic mass is 16.5. The molecule has 19 heavy (non-hydrogen) atoms. The monoisotopic (exact) mass is 270 g/mol. The van der Waals surface area contributed by atoms with Crippen molar-refractivity contribution in [3.05, 3.63) is 0 Å². The average molecular weight is 270 g/mol. The maximum atomic E-state index is 9.77. The zero-order chi connectivity index (χ0) is 13.5. The fourth-order valence-electron chi connectivity index (χ4n) is 2.78. The lowest BCUT2D eigenvalue weighted by atomic mass is 10.1. The topological polar surface area (TPSA) is 44.7 Å². The van der Waals surface area contributed by atoms with Gasteiger partial charge >= 0.3 is 0 Å². The second-order valence-electron chi connectivity index (χ2n) is 6.12. The van der Waals surface area contributed by atoms with Gasteiger partial charge in [-0.05, 0) is 44.7 Å². The van der Waals surface area contributed by atoms with Crippen molar-refractivity contribution >= 4 is 0 Å². The molecule has 1 saturated carbocycles. The highest BCUT2D eigenvalue weighted by molar-refractivity contribution is 4.89. The second-order valence-corrected chi connectivity index (χ2v) is 6.12. The molecule has 1 aliphatic heterocycles. The van der Waals surface area contributed by atoms with Gasteiger partial charge in [0.25, 0.3) is 0 Å². The Morgan fingerprint density at radius 3 is 2.95 bits per heavy atom. The Morgan fingerprint density at radius 1 is 1.37 bits per heavy atom. The molecular weight excluding hydrogens is 240 g/mol. The Hall–Kier alpha value is -0.160. The van der Waals surface area contributed by atoms with E-state index in [4.69, 9.17) is 4.74 Å². The highest BCUT2D eigenvalue weighted by Crippen LogP contribution is 2.31. The largest absolute Gasteiger partial charge is 0.389 e. The molecule has 0 bridgehead atoms. The number of ether oxygens (including phenoxy) is 1. The Morgan fingerprint density at radius 2 is 2.21 bits per heavy atom. The SMILES string of the molecule is CCCCOCC(O)CNCC1CCN(C2CC2)C1. The third-order valence-corrected chi connectivity index (χ3v) is 4.15. The number of hydrogen-bond donors (Lipinski definition) is 2. The molecule has 2 N–H and O–H groups in total. The number of nitrogens with one attached hydrogen (secondary N) is 1. The molecule has 4 heteroatoms. The first-order valence-electron chi connectivity index (χ1n) is 8.00. The van der Waals surface area contributed by atoms with E-state index in [1.807, 2.05) is 0 Å². The Balaban J connectivity index is 1.44. The van der Waals surface area contributed by atoms with E-state index < -0.39 is 0 Å². The van der Waals surface area contributed by atoms with Crippen LogP contribution in [0.4, 0.5) is 0 Å². The number of nitrogens with zero attached hydrogens (tertiary/aromatic N) is 1. The van der Waals surface area contributed by atoms with Crippen LogP contribution in [0.5, 0.6) is 0 Å². The van der Waals surface area contributed by atoms with Crippen LogP contribution < -0.4 is 5.32 Å². The molecule has 0 radical (unpaired) electrons. The first-order chi connectivity index (χ1) is 9.29. The van der Waals surface area contributed by atoms with Gasteiger partial charge in [-0.3, -0.25) is 0 Å². The molecule has 0 amide bonds. The van der Waals surface area contributed by atoms with Gasteiger partial charge in [-0.25, -0.2) is 0 Å². The minimum atomic E-state index is -0.363. The van der Waals surface area contributed by atoms with Crippen LogP contribution in [0.3, 0.4) is 0 Å². The molecule has 0 aromatic carbocycles. The van der Waals surface area contributed by atoms with E-state index in [9.17, 15) is 5.11 Å². The average Bonchev–Trinajstić information content (AvgIpc) is 3.15. The van der Waals surface area contributed by atoms with Crippen molar-refractivity contribution in [1.82, 2.24) is 10.2 Å². The molecule has 0 aromatic heterocycles. The zero-order valence-electron chi connectivity index (χ0n) is 12.3. The maximum Gasteiger partial charge on any atom is 0.0897 e. The van der Waals surface area contributed by atoms with Crippen LogP contribution in [0.25, 0.3) is 0 Å². The molecule has 1 aliphatic carbocycles. The summed E-state index contributed by atoms with van der Waals surface area (Å²) in [6.07, 6.45) is 6.00. The van der Waals surface area contributed by atoms with Gasteiger partial charge in [-0.1, -0.05) is 13.3 Å². The van der Waals surface area contributed by atoms with Crippen molar-refractivity contribution in [2.75, 3.05) is 39.4 Å². The molecule has 1 heterocycles. The summed E-state index contributed by atoms with van der Waals surface area (Å²) in [6, 6.07) is 0.905. The van der Waals surface area contributed by atoms with Crippen molar-refractivity contribution < 1.29 is 9.84 Å². The highest BCUT2D eigenvalue weighted by Gasteiger charge is 2.33. The van der Waals surface area contributed by atoms with E-state index in [-0.39, 0.29) is 6.10 Å². The number of aliphatic hydroxyl groups excluding tert-OH is 1. The summed E-state index contributed by atoms with van der Waals surface area (Å²) in [5, 5.41) is 13.2. The first kappa shape index (κ1) is 15.2. The van der Waals surface area contributed by atoms with E-state index in [1.54, 1.807) is 0 Å². The Kier molecular flexibility index (Phi) is 6.57. The number of hydrogen-bond acceptors (Lipinski definition) is 4. The molecule has 0 aromatic rings. The van der Waals surface area contributed by atoms with Crippen molar-refractivity contribution in [3.8, 4) is 0 Å². The summed E-state index contributed by atoms with van der Waals surface area (Å²) in [5.41, 5.74) is 0. The molecule has 2 rings (SSSR count). The zero-order valence-corrected chi connectivity index (χ0v) is 12.3. The first-order valence-corrected chi connectivity index (χ1v) is 8.00. The number of unbranched alkanes of at least 4 members (excludes halogenated alkanes) is 1. The Bertz CT molecular complexity index is 246. The van der Waals surface area contributed by atoms with Gasteiger partial charge < -0.3 is 20.1 Å². The fraction of sp³-hybridized carbons (Fsp3) is 1.00. The van der Waals surface area contributed by atoms with Crippen LogP contribution >= 0.6 is 0 Å². The lowest BCUT2D eigenvalue weighted by molar-refractivity contribution is 0.0356. The normalized spacial score (nSPS) is 25.9. The second kappa shape index (κ2) is 8.20. The quantitative estimate of drug-likeness (QED) is 0.586. The minimum Gasteiger partial charge on any atom is -0.389 e.